The smallest absolute Gasteiger partial charge is 0.0851 e. The van der Waals surface area contributed by atoms with Crippen molar-refractivity contribution in [1.29, 1.82) is 0 Å². The number of hydrogen-bond acceptors (Lipinski definition) is 1. The van der Waals surface area contributed by atoms with Crippen LogP contribution in [0.3, 0.4) is 0 Å². The average molecular weight is 114 g/mol. The van der Waals surface area contributed by atoms with E-state index in [1.165, 1.54) is 0 Å². The van der Waals surface area contributed by atoms with Crippen LogP contribution >= 0.6 is 0 Å². The summed E-state index contributed by atoms with van der Waals surface area (Å²) < 4.78 is 0. The third-order valence-electron chi connectivity index (χ3n) is 1.69. The lowest BCUT2D eigenvalue weighted by molar-refractivity contribution is 0.125. The Balaban J connectivity index is 2.13. The highest BCUT2D eigenvalue weighted by Gasteiger charge is 2.10. The lowest BCUT2D eigenvalue weighted by Gasteiger charge is -2.18. The molecule has 0 aromatic heterocycles. The standard InChI is InChI=1S/C6H12NO/c8-5-6-1-3-7-4-2-6/h6-7H,1-5H2. The third-order valence-corrected chi connectivity index (χ3v) is 1.69. The van der Waals surface area contributed by atoms with Crippen molar-refractivity contribution in [2.45, 2.75) is 12.8 Å². The molecule has 47 valence electrons. The fraction of sp³-hybridized carbons (Fsp3) is 1.00. The molecular formula is C6H12NO. The molecule has 0 aliphatic carbocycles. The zero-order valence-electron chi connectivity index (χ0n) is 5.02. The van der Waals surface area contributed by atoms with E-state index in [9.17, 15) is 5.11 Å². The number of hydrogen-bond donors (Lipinski definition) is 1. The Hall–Kier alpha value is -0.0800. The van der Waals surface area contributed by atoms with Gasteiger partial charge in [0, 0.05) is 0 Å². The van der Waals surface area contributed by atoms with Crippen molar-refractivity contribution in [2.24, 2.45) is 5.92 Å². The highest BCUT2D eigenvalue weighted by molar-refractivity contribution is 4.66. The number of piperidine rings is 1. The molecule has 0 bridgehead atoms. The van der Waals surface area contributed by atoms with Crippen molar-refractivity contribution in [3.8, 4) is 0 Å². The minimum atomic E-state index is 0.127. The van der Waals surface area contributed by atoms with E-state index in [1.54, 1.807) is 0 Å². The summed E-state index contributed by atoms with van der Waals surface area (Å²) in [5.74, 6) is 0.469. The van der Waals surface area contributed by atoms with Gasteiger partial charge in [-0.05, 0) is 31.8 Å². The van der Waals surface area contributed by atoms with Crippen molar-refractivity contribution in [2.75, 3.05) is 19.7 Å². The average Bonchev–Trinajstić information content (AvgIpc) is 1.90. The van der Waals surface area contributed by atoms with Gasteiger partial charge in [0.25, 0.3) is 0 Å². The maximum absolute atomic E-state index is 10.3. The lowest BCUT2D eigenvalue weighted by Crippen LogP contribution is -2.28. The molecule has 1 aliphatic rings. The molecule has 0 atom stereocenters. The second-order valence-electron chi connectivity index (χ2n) is 2.36. The molecule has 0 amide bonds. The van der Waals surface area contributed by atoms with E-state index in [0.717, 1.165) is 25.9 Å². The van der Waals surface area contributed by atoms with Gasteiger partial charge >= 0.3 is 0 Å². The van der Waals surface area contributed by atoms with Crippen LogP contribution in [-0.4, -0.2) is 19.7 Å². The van der Waals surface area contributed by atoms with E-state index >= 15 is 0 Å². The third kappa shape index (κ3) is 1.46. The van der Waals surface area contributed by atoms with E-state index in [2.05, 4.69) is 5.32 Å². The Morgan fingerprint density at radius 3 is 2.38 bits per heavy atom. The maximum Gasteiger partial charge on any atom is 0.0851 e. The number of rotatable bonds is 1. The van der Waals surface area contributed by atoms with Crippen molar-refractivity contribution in [3.05, 3.63) is 0 Å². The molecule has 1 heterocycles. The monoisotopic (exact) mass is 114 g/mol. The van der Waals surface area contributed by atoms with E-state index in [0.29, 0.717) is 5.92 Å². The van der Waals surface area contributed by atoms with Crippen molar-refractivity contribution < 1.29 is 5.11 Å². The van der Waals surface area contributed by atoms with Crippen molar-refractivity contribution in [1.82, 2.24) is 5.32 Å². The van der Waals surface area contributed by atoms with Crippen LogP contribution in [0.15, 0.2) is 0 Å². The predicted octanol–water partition coefficient (Wildman–Crippen LogP) is 0.416. The van der Waals surface area contributed by atoms with E-state index in [1.807, 2.05) is 0 Å². The van der Waals surface area contributed by atoms with Crippen LogP contribution in [0.1, 0.15) is 12.8 Å². The molecule has 1 rings (SSSR count). The molecule has 0 unspecified atom stereocenters. The maximum atomic E-state index is 10.3. The van der Waals surface area contributed by atoms with Gasteiger partial charge in [-0.3, -0.25) is 0 Å². The van der Waals surface area contributed by atoms with Crippen LogP contribution in [0.25, 0.3) is 0 Å². The minimum Gasteiger partial charge on any atom is -0.317 e. The van der Waals surface area contributed by atoms with Gasteiger partial charge < -0.3 is 5.32 Å². The van der Waals surface area contributed by atoms with Crippen LogP contribution in [0.5, 0.6) is 0 Å². The Bertz CT molecular complexity index is 59.5. The summed E-state index contributed by atoms with van der Waals surface area (Å²) >= 11 is 0. The van der Waals surface area contributed by atoms with Gasteiger partial charge in [0.05, 0.1) is 6.61 Å². The highest BCUT2D eigenvalue weighted by atomic mass is 16.3. The van der Waals surface area contributed by atoms with Gasteiger partial charge in [-0.2, -0.15) is 0 Å². The molecular weight excluding hydrogens is 102 g/mol. The number of nitrogens with one attached hydrogen (secondary N) is 1. The molecule has 2 nitrogen and oxygen atoms in total. The first-order valence-electron chi connectivity index (χ1n) is 3.22. The van der Waals surface area contributed by atoms with Crippen LogP contribution in [0.2, 0.25) is 0 Å². The lowest BCUT2D eigenvalue weighted by atomic mass is 10.00. The summed E-state index contributed by atoms with van der Waals surface area (Å²) in [5, 5.41) is 13.5. The van der Waals surface area contributed by atoms with E-state index in [-0.39, 0.29) is 6.61 Å². The highest BCUT2D eigenvalue weighted by Crippen LogP contribution is 2.09. The molecule has 1 radical (unpaired) electrons. The fourth-order valence-electron chi connectivity index (χ4n) is 1.05. The largest absolute Gasteiger partial charge is 0.317 e. The quantitative estimate of drug-likeness (QED) is 0.526. The van der Waals surface area contributed by atoms with Gasteiger partial charge in [0.1, 0.15) is 0 Å². The molecule has 1 fully saturated rings. The van der Waals surface area contributed by atoms with Gasteiger partial charge in [-0.15, -0.1) is 0 Å². The first kappa shape index (κ1) is 6.05. The molecule has 1 N–H and O–H groups in total. The van der Waals surface area contributed by atoms with E-state index in [4.69, 9.17) is 0 Å². The minimum absolute atomic E-state index is 0.127. The molecule has 0 spiro atoms. The summed E-state index contributed by atoms with van der Waals surface area (Å²) in [7, 11) is 0. The first-order chi connectivity index (χ1) is 3.93. The second kappa shape index (κ2) is 3.05. The summed E-state index contributed by atoms with van der Waals surface area (Å²) in [6.45, 7) is 2.22. The molecule has 0 saturated carbocycles. The Morgan fingerprint density at radius 2 is 2.00 bits per heavy atom. The fourth-order valence-corrected chi connectivity index (χ4v) is 1.05. The zero-order valence-corrected chi connectivity index (χ0v) is 5.02. The molecule has 0 aromatic carbocycles. The van der Waals surface area contributed by atoms with Crippen molar-refractivity contribution in [3.63, 3.8) is 0 Å². The van der Waals surface area contributed by atoms with Gasteiger partial charge in [0.15, 0.2) is 0 Å². The topological polar surface area (TPSA) is 31.9 Å². The van der Waals surface area contributed by atoms with E-state index < -0.39 is 0 Å². The molecule has 1 saturated heterocycles. The first-order valence-corrected chi connectivity index (χ1v) is 3.22. The summed E-state index contributed by atoms with van der Waals surface area (Å²) in [6.07, 6.45) is 2.17. The van der Waals surface area contributed by atoms with Crippen LogP contribution in [-0.2, 0) is 5.11 Å². The molecule has 1 aliphatic heterocycles. The second-order valence-corrected chi connectivity index (χ2v) is 2.36. The van der Waals surface area contributed by atoms with Gasteiger partial charge in [0.2, 0.25) is 0 Å². The van der Waals surface area contributed by atoms with Crippen LogP contribution < -0.4 is 5.32 Å². The van der Waals surface area contributed by atoms with Crippen LogP contribution in [0.4, 0.5) is 0 Å². The van der Waals surface area contributed by atoms with Crippen molar-refractivity contribution >= 4 is 0 Å². The Morgan fingerprint density at radius 1 is 1.38 bits per heavy atom. The predicted molar refractivity (Wildman–Crippen MR) is 31.1 cm³/mol. The SMILES string of the molecule is [O]CC1CCNCC1. The summed E-state index contributed by atoms with van der Waals surface area (Å²) in [6, 6.07) is 0. The molecule has 2 heteroatoms. The molecule has 0 aromatic rings. The summed E-state index contributed by atoms with van der Waals surface area (Å²) in [4.78, 5) is 0. The Labute approximate surface area is 49.9 Å². The summed E-state index contributed by atoms with van der Waals surface area (Å²) in [5.41, 5.74) is 0. The van der Waals surface area contributed by atoms with Gasteiger partial charge in [-0.25, -0.2) is 5.11 Å². The Kier molecular flexibility index (Phi) is 2.30. The zero-order chi connectivity index (χ0) is 5.82. The normalized spacial score (nSPS) is 23.6. The van der Waals surface area contributed by atoms with Gasteiger partial charge in [-0.1, -0.05) is 0 Å². The van der Waals surface area contributed by atoms with Crippen LogP contribution in [0, 0.1) is 5.92 Å². The molecule has 8 heavy (non-hydrogen) atoms.